The van der Waals surface area contributed by atoms with E-state index >= 15 is 0 Å². The average molecular weight is 441 g/mol. The molecule has 1 N–H and O–H groups in total. The lowest BCUT2D eigenvalue weighted by atomic mass is 9.80. The summed E-state index contributed by atoms with van der Waals surface area (Å²) in [6.07, 6.45) is 6.02. The Morgan fingerprint density at radius 1 is 1.10 bits per heavy atom. The number of rotatable bonds is 6. The third-order valence-electron chi connectivity index (χ3n) is 8.48. The van der Waals surface area contributed by atoms with Crippen molar-refractivity contribution >= 4 is 17.3 Å². The number of benzene rings is 1. The molecule has 5 heteroatoms. The van der Waals surface area contributed by atoms with E-state index in [0.29, 0.717) is 12.0 Å². The minimum atomic E-state index is -1.49. The predicted molar refractivity (Wildman–Crippen MR) is 122 cm³/mol. The highest BCUT2D eigenvalue weighted by Gasteiger charge is 2.54. The lowest BCUT2D eigenvalue weighted by molar-refractivity contribution is -0.972. The summed E-state index contributed by atoms with van der Waals surface area (Å²) in [5.74, 6) is -0.0275. The van der Waals surface area contributed by atoms with Crippen molar-refractivity contribution in [2.45, 2.75) is 63.2 Å². The maximum atomic E-state index is 13.6. The minimum Gasteiger partial charge on any atom is -0.454 e. The lowest BCUT2D eigenvalue weighted by Gasteiger charge is -2.55. The quantitative estimate of drug-likeness (QED) is 0.506. The average Bonchev–Trinajstić information content (AvgIpc) is 3.54. The molecule has 0 radical (unpaired) electrons. The zero-order valence-electron chi connectivity index (χ0n) is 18.4. The number of quaternary nitrogens is 1. The van der Waals surface area contributed by atoms with Crippen LogP contribution in [-0.4, -0.2) is 41.3 Å². The zero-order valence-corrected chi connectivity index (χ0v) is 19.2. The van der Waals surface area contributed by atoms with E-state index in [1.165, 1.54) is 16.9 Å². The molecule has 31 heavy (non-hydrogen) atoms. The molecule has 166 valence electrons. The summed E-state index contributed by atoms with van der Waals surface area (Å²) in [4.78, 5) is 14.3. The van der Waals surface area contributed by atoms with Crippen molar-refractivity contribution in [3.05, 3.63) is 58.3 Å². The van der Waals surface area contributed by atoms with Crippen LogP contribution in [0.1, 0.15) is 61.9 Å². The molecule has 4 fully saturated rings. The van der Waals surface area contributed by atoms with E-state index in [-0.39, 0.29) is 12.0 Å². The summed E-state index contributed by atoms with van der Waals surface area (Å²) >= 11 is 1.47. The third kappa shape index (κ3) is 3.65. The molecule has 1 unspecified atom stereocenters. The second kappa shape index (κ2) is 8.34. The fourth-order valence-corrected chi connectivity index (χ4v) is 7.32. The Labute approximate surface area is 189 Å². The number of piperidine rings is 3. The normalized spacial score (nSPS) is 31.3. The Balaban J connectivity index is 1.37. The molecular weight excluding hydrogens is 406 g/mol. The Morgan fingerprint density at radius 3 is 2.45 bits per heavy atom. The molecule has 4 heterocycles. The van der Waals surface area contributed by atoms with Crippen LogP contribution >= 0.6 is 11.3 Å². The van der Waals surface area contributed by atoms with Gasteiger partial charge in [-0.1, -0.05) is 49.2 Å². The van der Waals surface area contributed by atoms with Crippen LogP contribution in [-0.2, 0) is 15.1 Å². The Kier molecular flexibility index (Phi) is 5.70. The van der Waals surface area contributed by atoms with Gasteiger partial charge in [0.05, 0.1) is 13.1 Å². The number of thiophene rings is 1. The topological polar surface area (TPSA) is 46.5 Å². The molecule has 1 saturated carbocycles. The Bertz CT molecular complexity index is 885. The van der Waals surface area contributed by atoms with Crippen LogP contribution in [0.5, 0.6) is 0 Å². The highest BCUT2D eigenvalue weighted by atomic mass is 32.1. The van der Waals surface area contributed by atoms with Gasteiger partial charge in [-0.15, -0.1) is 11.3 Å². The first-order chi connectivity index (χ1) is 15.0. The van der Waals surface area contributed by atoms with E-state index < -0.39 is 11.6 Å². The molecule has 2 aromatic rings. The molecule has 3 aliphatic heterocycles. The van der Waals surface area contributed by atoms with Crippen molar-refractivity contribution in [1.29, 1.82) is 0 Å². The number of hydrogen-bond donors (Lipinski definition) is 1. The van der Waals surface area contributed by atoms with Gasteiger partial charge in [-0.25, -0.2) is 4.79 Å². The van der Waals surface area contributed by atoms with E-state index in [1.807, 2.05) is 17.5 Å². The minimum absolute atomic E-state index is 0.0360. The van der Waals surface area contributed by atoms with E-state index in [9.17, 15) is 9.90 Å². The van der Waals surface area contributed by atoms with Crippen molar-refractivity contribution in [3.8, 4) is 0 Å². The number of esters is 1. The van der Waals surface area contributed by atoms with Crippen LogP contribution < -0.4 is 0 Å². The van der Waals surface area contributed by atoms with Crippen molar-refractivity contribution < 1.29 is 19.1 Å². The molecule has 2 bridgehead atoms. The molecular formula is C26H34NO3S+. The van der Waals surface area contributed by atoms with E-state index in [2.05, 4.69) is 37.3 Å². The Hall–Kier alpha value is -1.69. The first-order valence-electron chi connectivity index (χ1n) is 11.9. The van der Waals surface area contributed by atoms with Gasteiger partial charge in [0, 0.05) is 35.1 Å². The molecule has 3 atom stereocenters. The standard InChI is InChI=1S/C26H34NO3S/c1-19(20-8-3-2-4-9-20)27-15-13-21(14-16-27)23(18-27)30-25(28)26(29,22-10-5-6-11-22)24-12-7-17-31-24/h2-4,7-9,12,17,19,21-23,29H,5-6,10-11,13-16,18H2,1H3/q+1/t19?,21?,23-,26-,27?/m0/s1. The first kappa shape index (κ1) is 21.2. The Morgan fingerprint density at radius 2 is 1.81 bits per heavy atom. The van der Waals surface area contributed by atoms with Gasteiger partial charge in [-0.05, 0) is 31.2 Å². The maximum absolute atomic E-state index is 13.6. The van der Waals surface area contributed by atoms with Crippen LogP contribution in [0.2, 0.25) is 0 Å². The summed E-state index contributed by atoms with van der Waals surface area (Å²) in [5, 5.41) is 13.7. The molecule has 4 nitrogen and oxygen atoms in total. The fraction of sp³-hybridized carbons (Fsp3) is 0.577. The monoisotopic (exact) mass is 440 g/mol. The van der Waals surface area contributed by atoms with Crippen molar-refractivity contribution in [2.24, 2.45) is 11.8 Å². The van der Waals surface area contributed by atoms with E-state index in [4.69, 9.17) is 4.74 Å². The largest absolute Gasteiger partial charge is 0.454 e. The van der Waals surface area contributed by atoms with Crippen LogP contribution in [0.15, 0.2) is 47.8 Å². The van der Waals surface area contributed by atoms with Gasteiger partial charge in [0.25, 0.3) is 0 Å². The van der Waals surface area contributed by atoms with Crippen LogP contribution in [0.4, 0.5) is 0 Å². The number of ether oxygens (including phenoxy) is 1. The third-order valence-corrected chi connectivity index (χ3v) is 9.47. The number of fused-ring (bicyclic) bond motifs is 3. The SMILES string of the molecule is CC(c1ccccc1)[N+]12CCC(CC1)[C@@H](OC(=O)[C@@](O)(c1cccs1)C1CCCC1)C2. The molecule has 4 aliphatic rings. The molecule has 0 spiro atoms. The van der Waals surface area contributed by atoms with E-state index in [0.717, 1.165) is 67.5 Å². The van der Waals surface area contributed by atoms with Gasteiger partial charge in [0.1, 0.15) is 12.6 Å². The maximum Gasteiger partial charge on any atom is 0.344 e. The number of carbonyl (C=O) groups is 1. The zero-order chi connectivity index (χ0) is 21.5. The summed E-state index contributed by atoms with van der Waals surface area (Å²) in [7, 11) is 0. The summed E-state index contributed by atoms with van der Waals surface area (Å²) in [6, 6.07) is 14.9. The smallest absolute Gasteiger partial charge is 0.344 e. The highest BCUT2D eigenvalue weighted by molar-refractivity contribution is 7.10. The fourth-order valence-electron chi connectivity index (χ4n) is 6.43. The second-order valence-corrected chi connectivity index (χ2v) is 10.9. The van der Waals surface area contributed by atoms with Gasteiger partial charge in [-0.3, -0.25) is 0 Å². The summed E-state index contributed by atoms with van der Waals surface area (Å²) in [5.41, 5.74) is -0.138. The van der Waals surface area contributed by atoms with Crippen molar-refractivity contribution in [1.82, 2.24) is 0 Å². The first-order valence-corrected chi connectivity index (χ1v) is 12.8. The molecule has 1 aliphatic carbocycles. The van der Waals surface area contributed by atoms with Crippen molar-refractivity contribution in [2.75, 3.05) is 19.6 Å². The molecule has 1 aromatic carbocycles. The number of hydrogen-bond acceptors (Lipinski definition) is 4. The van der Waals surface area contributed by atoms with E-state index in [1.54, 1.807) is 0 Å². The predicted octanol–water partition coefficient (Wildman–Crippen LogP) is 5.04. The second-order valence-electron chi connectivity index (χ2n) is 9.94. The van der Waals surface area contributed by atoms with Crippen LogP contribution in [0.25, 0.3) is 0 Å². The van der Waals surface area contributed by atoms with Crippen molar-refractivity contribution in [3.63, 3.8) is 0 Å². The van der Waals surface area contributed by atoms with Crippen LogP contribution in [0.3, 0.4) is 0 Å². The highest BCUT2D eigenvalue weighted by Crippen LogP contribution is 2.46. The van der Waals surface area contributed by atoms with Gasteiger partial charge in [0.15, 0.2) is 11.7 Å². The summed E-state index contributed by atoms with van der Waals surface area (Å²) < 4.78 is 7.23. The molecule has 6 rings (SSSR count). The van der Waals surface area contributed by atoms with Gasteiger partial charge in [0.2, 0.25) is 0 Å². The lowest BCUT2D eigenvalue weighted by Crippen LogP contribution is -2.65. The molecule has 1 aromatic heterocycles. The number of nitrogens with zero attached hydrogens (tertiary/aromatic N) is 1. The molecule has 0 amide bonds. The molecule has 3 saturated heterocycles. The number of aliphatic hydroxyl groups is 1. The van der Waals surface area contributed by atoms with Gasteiger partial charge < -0.3 is 14.3 Å². The van der Waals surface area contributed by atoms with Gasteiger partial charge >= 0.3 is 5.97 Å². The summed E-state index contributed by atoms with van der Waals surface area (Å²) in [6.45, 7) is 5.47. The van der Waals surface area contributed by atoms with Crippen LogP contribution in [0, 0.1) is 11.8 Å². The van der Waals surface area contributed by atoms with Gasteiger partial charge in [-0.2, -0.15) is 0 Å². The number of carbonyl (C=O) groups excluding carboxylic acids is 1.